The molecule has 0 unspecified atom stereocenters. The highest BCUT2D eigenvalue weighted by Gasteiger charge is 2.36. The number of rotatable bonds is 2. The molecule has 0 amide bonds. The smallest absolute Gasteiger partial charge is 0.175 e. The summed E-state index contributed by atoms with van der Waals surface area (Å²) in [5, 5.41) is 7.49. The third-order valence-electron chi connectivity index (χ3n) is 4.08. The van der Waals surface area contributed by atoms with E-state index in [-0.39, 0.29) is 5.41 Å². The molecule has 4 heteroatoms. The monoisotopic (exact) mass is 233 g/mol. The molecule has 1 saturated carbocycles. The van der Waals surface area contributed by atoms with E-state index in [0.29, 0.717) is 6.54 Å². The van der Waals surface area contributed by atoms with Gasteiger partial charge >= 0.3 is 0 Å². The van der Waals surface area contributed by atoms with Crippen LogP contribution in [-0.2, 0) is 5.41 Å². The SMILES string of the molecule is Cc1cc2n[nH]c(C3(CN)CCCCC3)c2o1. The summed E-state index contributed by atoms with van der Waals surface area (Å²) in [6.45, 7) is 2.63. The normalized spacial score (nSPS) is 19.9. The quantitative estimate of drug-likeness (QED) is 0.837. The van der Waals surface area contributed by atoms with Crippen LogP contribution in [0.15, 0.2) is 10.5 Å². The summed E-state index contributed by atoms with van der Waals surface area (Å²) in [5.41, 5.74) is 9.04. The van der Waals surface area contributed by atoms with Gasteiger partial charge in [0.2, 0.25) is 0 Å². The largest absolute Gasteiger partial charge is 0.458 e. The highest BCUT2D eigenvalue weighted by molar-refractivity contribution is 5.77. The summed E-state index contributed by atoms with van der Waals surface area (Å²) in [6.07, 6.45) is 6.09. The summed E-state index contributed by atoms with van der Waals surface area (Å²) in [6, 6.07) is 1.97. The number of hydrogen-bond acceptors (Lipinski definition) is 3. The van der Waals surface area contributed by atoms with Crippen LogP contribution in [0.25, 0.3) is 11.1 Å². The summed E-state index contributed by atoms with van der Waals surface area (Å²) >= 11 is 0. The average Bonchev–Trinajstić information content (AvgIpc) is 2.88. The predicted molar refractivity (Wildman–Crippen MR) is 66.9 cm³/mol. The fourth-order valence-corrected chi connectivity index (χ4v) is 3.07. The van der Waals surface area contributed by atoms with Crippen molar-refractivity contribution < 1.29 is 4.42 Å². The van der Waals surface area contributed by atoms with Crippen molar-refractivity contribution in [2.45, 2.75) is 44.4 Å². The van der Waals surface area contributed by atoms with Crippen molar-refractivity contribution >= 4 is 11.1 Å². The van der Waals surface area contributed by atoms with Crippen LogP contribution in [0.2, 0.25) is 0 Å². The summed E-state index contributed by atoms with van der Waals surface area (Å²) in [5.74, 6) is 0.917. The summed E-state index contributed by atoms with van der Waals surface area (Å²) in [4.78, 5) is 0. The topological polar surface area (TPSA) is 67.8 Å². The van der Waals surface area contributed by atoms with Gasteiger partial charge in [0.05, 0.1) is 5.69 Å². The molecular formula is C13H19N3O. The lowest BCUT2D eigenvalue weighted by Crippen LogP contribution is -2.37. The molecule has 3 N–H and O–H groups in total. The van der Waals surface area contributed by atoms with E-state index in [0.717, 1.165) is 35.4 Å². The first kappa shape index (κ1) is 10.8. The molecule has 0 spiro atoms. The first-order chi connectivity index (χ1) is 8.25. The number of hydrogen-bond donors (Lipinski definition) is 2. The molecule has 4 nitrogen and oxygen atoms in total. The Hall–Kier alpha value is -1.29. The summed E-state index contributed by atoms with van der Waals surface area (Å²) in [7, 11) is 0. The van der Waals surface area contributed by atoms with Crippen LogP contribution < -0.4 is 5.73 Å². The minimum absolute atomic E-state index is 0.0529. The molecule has 92 valence electrons. The van der Waals surface area contributed by atoms with E-state index in [1.807, 2.05) is 13.0 Å². The van der Waals surface area contributed by atoms with Crippen molar-refractivity contribution in [2.75, 3.05) is 6.54 Å². The van der Waals surface area contributed by atoms with Gasteiger partial charge in [-0.15, -0.1) is 0 Å². The zero-order valence-corrected chi connectivity index (χ0v) is 10.3. The fourth-order valence-electron chi connectivity index (χ4n) is 3.07. The second kappa shape index (κ2) is 3.88. The number of furan rings is 1. The van der Waals surface area contributed by atoms with Crippen molar-refractivity contribution in [3.8, 4) is 0 Å². The van der Waals surface area contributed by atoms with Crippen LogP contribution in [0.3, 0.4) is 0 Å². The maximum absolute atomic E-state index is 6.04. The molecule has 2 heterocycles. The number of H-pyrrole nitrogens is 1. The molecule has 1 aliphatic rings. The first-order valence-electron chi connectivity index (χ1n) is 6.40. The number of nitrogens with two attached hydrogens (primary N) is 1. The van der Waals surface area contributed by atoms with E-state index < -0.39 is 0 Å². The second-order valence-electron chi connectivity index (χ2n) is 5.22. The molecule has 2 aromatic rings. The molecule has 3 rings (SSSR count). The molecule has 0 aromatic carbocycles. The Morgan fingerprint density at radius 3 is 2.88 bits per heavy atom. The Labute approximate surface area is 101 Å². The van der Waals surface area contributed by atoms with Gasteiger partial charge in [-0.1, -0.05) is 19.3 Å². The molecule has 0 bridgehead atoms. The van der Waals surface area contributed by atoms with Gasteiger partial charge in [-0.3, -0.25) is 5.10 Å². The Bertz CT molecular complexity index is 520. The maximum Gasteiger partial charge on any atom is 0.175 e. The van der Waals surface area contributed by atoms with E-state index in [1.165, 1.54) is 19.3 Å². The average molecular weight is 233 g/mol. The van der Waals surface area contributed by atoms with Gasteiger partial charge in [0.1, 0.15) is 11.3 Å². The zero-order chi connectivity index (χ0) is 11.9. The molecule has 2 aromatic heterocycles. The van der Waals surface area contributed by atoms with Gasteiger partial charge in [-0.05, 0) is 19.8 Å². The van der Waals surface area contributed by atoms with Crippen LogP contribution in [0, 0.1) is 6.92 Å². The van der Waals surface area contributed by atoms with E-state index in [9.17, 15) is 0 Å². The van der Waals surface area contributed by atoms with Crippen LogP contribution in [0.5, 0.6) is 0 Å². The Kier molecular flexibility index (Phi) is 2.47. The first-order valence-corrected chi connectivity index (χ1v) is 6.40. The number of aryl methyl sites for hydroxylation is 1. The van der Waals surface area contributed by atoms with Crippen LogP contribution >= 0.6 is 0 Å². The van der Waals surface area contributed by atoms with E-state index in [4.69, 9.17) is 10.2 Å². The molecule has 1 aliphatic carbocycles. The number of fused-ring (bicyclic) bond motifs is 1. The van der Waals surface area contributed by atoms with Crippen molar-refractivity contribution in [1.29, 1.82) is 0 Å². The minimum atomic E-state index is 0.0529. The number of nitrogens with zero attached hydrogens (tertiary/aromatic N) is 1. The number of nitrogens with one attached hydrogen (secondary N) is 1. The Balaban J connectivity index is 2.11. The van der Waals surface area contributed by atoms with Crippen LogP contribution in [-0.4, -0.2) is 16.7 Å². The minimum Gasteiger partial charge on any atom is -0.458 e. The van der Waals surface area contributed by atoms with Crippen molar-refractivity contribution in [3.05, 3.63) is 17.5 Å². The molecule has 17 heavy (non-hydrogen) atoms. The van der Waals surface area contributed by atoms with Crippen molar-refractivity contribution in [1.82, 2.24) is 10.2 Å². The lowest BCUT2D eigenvalue weighted by atomic mass is 9.71. The molecular weight excluding hydrogens is 214 g/mol. The molecule has 0 saturated heterocycles. The Morgan fingerprint density at radius 2 is 2.18 bits per heavy atom. The lowest BCUT2D eigenvalue weighted by Gasteiger charge is -2.34. The zero-order valence-electron chi connectivity index (χ0n) is 10.3. The molecule has 0 aliphatic heterocycles. The van der Waals surface area contributed by atoms with Gasteiger partial charge in [0.25, 0.3) is 0 Å². The van der Waals surface area contributed by atoms with Gasteiger partial charge in [0, 0.05) is 18.0 Å². The highest BCUT2D eigenvalue weighted by atomic mass is 16.3. The van der Waals surface area contributed by atoms with Crippen LogP contribution in [0.1, 0.15) is 43.6 Å². The van der Waals surface area contributed by atoms with Crippen LogP contribution in [0.4, 0.5) is 0 Å². The predicted octanol–water partition coefficient (Wildman–Crippen LogP) is 2.62. The maximum atomic E-state index is 6.04. The molecule has 0 radical (unpaired) electrons. The van der Waals surface area contributed by atoms with Gasteiger partial charge in [-0.2, -0.15) is 5.10 Å². The van der Waals surface area contributed by atoms with Gasteiger partial charge in [0.15, 0.2) is 5.58 Å². The number of aromatic nitrogens is 2. The Morgan fingerprint density at radius 1 is 1.41 bits per heavy atom. The van der Waals surface area contributed by atoms with Gasteiger partial charge in [-0.25, -0.2) is 0 Å². The molecule has 1 fully saturated rings. The third-order valence-corrected chi connectivity index (χ3v) is 4.08. The second-order valence-corrected chi connectivity index (χ2v) is 5.22. The van der Waals surface area contributed by atoms with Crippen molar-refractivity contribution in [2.24, 2.45) is 5.73 Å². The number of aromatic amines is 1. The van der Waals surface area contributed by atoms with Gasteiger partial charge < -0.3 is 10.2 Å². The van der Waals surface area contributed by atoms with E-state index in [2.05, 4.69) is 10.2 Å². The third kappa shape index (κ3) is 1.59. The molecule has 0 atom stereocenters. The van der Waals surface area contributed by atoms with E-state index in [1.54, 1.807) is 0 Å². The van der Waals surface area contributed by atoms with Crippen molar-refractivity contribution in [3.63, 3.8) is 0 Å². The fraction of sp³-hybridized carbons (Fsp3) is 0.615. The lowest BCUT2D eigenvalue weighted by molar-refractivity contribution is 0.292. The van der Waals surface area contributed by atoms with E-state index >= 15 is 0 Å². The standard InChI is InChI=1S/C13H19N3O/c1-9-7-10-11(17-9)12(16-15-10)13(8-14)5-3-2-4-6-13/h7H,2-6,8,14H2,1H3,(H,15,16). The highest BCUT2D eigenvalue weighted by Crippen LogP contribution is 2.40. The summed E-state index contributed by atoms with van der Waals surface area (Å²) < 4.78 is 5.77.